The number of carbonyl (C=O) groups is 2. The van der Waals surface area contributed by atoms with Gasteiger partial charge in [0.25, 0.3) is 0 Å². The van der Waals surface area contributed by atoms with E-state index in [9.17, 15) is 9.59 Å². The van der Waals surface area contributed by atoms with Gasteiger partial charge in [-0.25, -0.2) is 4.98 Å². The second-order valence-corrected chi connectivity index (χ2v) is 4.78. The molecular formula is C17H13N3O2. The Kier molecular flexibility index (Phi) is 3.53. The number of pyridine rings is 1. The third kappa shape index (κ3) is 2.52. The topological polar surface area (TPSA) is 85.1 Å². The summed E-state index contributed by atoms with van der Waals surface area (Å²) in [4.78, 5) is 26.7. The molecule has 5 nitrogen and oxygen atoms in total. The maximum Gasteiger partial charge on any atom is 0.249 e. The van der Waals surface area contributed by atoms with Crippen LogP contribution in [0.25, 0.3) is 22.2 Å². The van der Waals surface area contributed by atoms with Crippen LogP contribution in [0.3, 0.4) is 0 Å². The molecule has 3 N–H and O–H groups in total. The molecule has 22 heavy (non-hydrogen) atoms. The van der Waals surface area contributed by atoms with E-state index in [4.69, 9.17) is 5.73 Å². The van der Waals surface area contributed by atoms with Gasteiger partial charge in [0.2, 0.25) is 12.3 Å². The first-order valence-electron chi connectivity index (χ1n) is 6.69. The number of para-hydroxylation sites is 1. The fourth-order valence-electron chi connectivity index (χ4n) is 2.33. The van der Waals surface area contributed by atoms with Crippen molar-refractivity contribution in [2.45, 2.75) is 0 Å². The van der Waals surface area contributed by atoms with Crippen LogP contribution < -0.4 is 11.1 Å². The first kappa shape index (κ1) is 13.8. The number of rotatable bonds is 4. The monoisotopic (exact) mass is 291 g/mol. The first-order chi connectivity index (χ1) is 10.7. The van der Waals surface area contributed by atoms with Crippen LogP contribution in [0.4, 0.5) is 5.69 Å². The number of carbonyl (C=O) groups excluding carboxylic acids is 2. The molecule has 0 saturated heterocycles. The number of hydrogen-bond donors (Lipinski definition) is 2. The van der Waals surface area contributed by atoms with Gasteiger partial charge in [-0.05, 0) is 24.3 Å². The highest BCUT2D eigenvalue weighted by Gasteiger charge is 2.11. The van der Waals surface area contributed by atoms with Crippen LogP contribution in [0.2, 0.25) is 0 Å². The van der Waals surface area contributed by atoms with Crippen LogP contribution in [-0.4, -0.2) is 17.3 Å². The second kappa shape index (κ2) is 5.65. The number of nitrogens with zero attached hydrogens (tertiary/aromatic N) is 1. The molecule has 1 heterocycles. The molecule has 0 aliphatic heterocycles. The van der Waals surface area contributed by atoms with Crippen LogP contribution in [-0.2, 0) is 4.79 Å². The van der Waals surface area contributed by atoms with Crippen molar-refractivity contribution in [1.29, 1.82) is 0 Å². The Morgan fingerprint density at radius 3 is 2.50 bits per heavy atom. The fourth-order valence-corrected chi connectivity index (χ4v) is 2.33. The average Bonchev–Trinajstić information content (AvgIpc) is 2.54. The van der Waals surface area contributed by atoms with E-state index in [1.807, 2.05) is 36.4 Å². The molecule has 0 bridgehead atoms. The summed E-state index contributed by atoms with van der Waals surface area (Å²) in [5, 5.41) is 3.30. The minimum absolute atomic E-state index is 0.440. The molecule has 0 fully saturated rings. The number of anilines is 1. The third-order valence-corrected chi connectivity index (χ3v) is 3.39. The Bertz CT molecular complexity index is 857. The van der Waals surface area contributed by atoms with Gasteiger partial charge in [0.1, 0.15) is 0 Å². The number of benzene rings is 2. The van der Waals surface area contributed by atoms with Crippen LogP contribution >= 0.6 is 0 Å². The van der Waals surface area contributed by atoms with Gasteiger partial charge in [0.15, 0.2) is 0 Å². The van der Waals surface area contributed by atoms with E-state index >= 15 is 0 Å². The van der Waals surface area contributed by atoms with Crippen molar-refractivity contribution in [1.82, 2.24) is 4.98 Å². The maximum atomic E-state index is 11.7. The number of nitrogens with one attached hydrogen (secondary N) is 1. The standard InChI is InChI=1S/C17H13N3O2/c18-17(22)14-9-16(20-15-4-2-1-3-13(14)15)11-5-7-12(8-6-11)19-10-21/h1-10H,(H2,18,22)(H,19,21). The molecule has 2 aromatic carbocycles. The first-order valence-corrected chi connectivity index (χ1v) is 6.69. The molecule has 0 aliphatic carbocycles. The molecule has 5 heteroatoms. The summed E-state index contributed by atoms with van der Waals surface area (Å²) in [7, 11) is 0. The maximum absolute atomic E-state index is 11.7. The Labute approximate surface area is 126 Å². The lowest BCUT2D eigenvalue weighted by Crippen LogP contribution is -2.12. The van der Waals surface area contributed by atoms with Crippen LogP contribution in [0.1, 0.15) is 10.4 Å². The number of nitrogens with two attached hydrogens (primary N) is 1. The SMILES string of the molecule is NC(=O)c1cc(-c2ccc(NC=O)cc2)nc2ccccc12. The van der Waals surface area contributed by atoms with E-state index in [2.05, 4.69) is 10.3 Å². The fraction of sp³-hybridized carbons (Fsp3) is 0. The van der Waals surface area contributed by atoms with Crippen molar-refractivity contribution >= 4 is 28.9 Å². The molecule has 108 valence electrons. The number of hydrogen-bond acceptors (Lipinski definition) is 3. The van der Waals surface area contributed by atoms with Crippen molar-refractivity contribution in [3.05, 3.63) is 60.2 Å². The van der Waals surface area contributed by atoms with Crippen molar-refractivity contribution in [2.75, 3.05) is 5.32 Å². The Morgan fingerprint density at radius 1 is 1.09 bits per heavy atom. The van der Waals surface area contributed by atoms with E-state index in [0.29, 0.717) is 28.9 Å². The van der Waals surface area contributed by atoms with Crippen molar-refractivity contribution in [3.63, 3.8) is 0 Å². The van der Waals surface area contributed by atoms with Crippen molar-refractivity contribution in [2.24, 2.45) is 5.73 Å². The van der Waals surface area contributed by atoms with Gasteiger partial charge in [-0.15, -0.1) is 0 Å². The summed E-state index contributed by atoms with van der Waals surface area (Å²) in [5.41, 5.74) is 8.81. The van der Waals surface area contributed by atoms with E-state index < -0.39 is 5.91 Å². The Morgan fingerprint density at radius 2 is 1.82 bits per heavy atom. The molecule has 0 unspecified atom stereocenters. The minimum atomic E-state index is -0.487. The molecule has 1 aromatic heterocycles. The van der Waals surface area contributed by atoms with Gasteiger partial charge in [0, 0.05) is 16.6 Å². The molecule has 3 rings (SSSR count). The second-order valence-electron chi connectivity index (χ2n) is 4.78. The predicted molar refractivity (Wildman–Crippen MR) is 85.4 cm³/mol. The van der Waals surface area contributed by atoms with Gasteiger partial charge in [0.05, 0.1) is 16.8 Å². The third-order valence-electron chi connectivity index (χ3n) is 3.39. The van der Waals surface area contributed by atoms with Gasteiger partial charge in [-0.3, -0.25) is 9.59 Å². The summed E-state index contributed by atoms with van der Waals surface area (Å²) in [6.45, 7) is 0. The number of amides is 2. The lowest BCUT2D eigenvalue weighted by atomic mass is 10.0. The smallest absolute Gasteiger partial charge is 0.249 e. The molecule has 0 atom stereocenters. The van der Waals surface area contributed by atoms with Crippen LogP contribution in [0, 0.1) is 0 Å². The van der Waals surface area contributed by atoms with E-state index in [0.717, 1.165) is 10.9 Å². The predicted octanol–water partition coefficient (Wildman–Crippen LogP) is 2.57. The van der Waals surface area contributed by atoms with Gasteiger partial charge in [-0.2, -0.15) is 0 Å². The number of primary amides is 1. The summed E-state index contributed by atoms with van der Waals surface area (Å²) in [6, 6.07) is 16.2. The lowest BCUT2D eigenvalue weighted by molar-refractivity contribution is -0.105. The largest absolute Gasteiger partial charge is 0.366 e. The Hall–Kier alpha value is -3.21. The molecule has 3 aromatic rings. The number of aromatic nitrogens is 1. The average molecular weight is 291 g/mol. The summed E-state index contributed by atoms with van der Waals surface area (Å²) < 4.78 is 0. The molecule has 0 saturated carbocycles. The Balaban J connectivity index is 2.14. The quantitative estimate of drug-likeness (QED) is 0.724. The van der Waals surface area contributed by atoms with Gasteiger partial charge >= 0.3 is 0 Å². The van der Waals surface area contributed by atoms with E-state index in [1.54, 1.807) is 18.2 Å². The van der Waals surface area contributed by atoms with E-state index in [1.165, 1.54) is 0 Å². The van der Waals surface area contributed by atoms with Gasteiger partial charge in [-0.1, -0.05) is 30.3 Å². The highest BCUT2D eigenvalue weighted by Crippen LogP contribution is 2.25. The van der Waals surface area contributed by atoms with E-state index in [-0.39, 0.29) is 0 Å². The summed E-state index contributed by atoms with van der Waals surface area (Å²) in [6.07, 6.45) is 0.620. The molecule has 0 aliphatic rings. The molecular weight excluding hydrogens is 278 g/mol. The highest BCUT2D eigenvalue weighted by molar-refractivity contribution is 6.06. The normalized spacial score (nSPS) is 10.4. The van der Waals surface area contributed by atoms with Crippen molar-refractivity contribution < 1.29 is 9.59 Å². The minimum Gasteiger partial charge on any atom is -0.366 e. The molecule has 0 radical (unpaired) electrons. The van der Waals surface area contributed by atoms with Gasteiger partial charge < -0.3 is 11.1 Å². The lowest BCUT2D eigenvalue weighted by Gasteiger charge is -2.08. The summed E-state index contributed by atoms with van der Waals surface area (Å²) >= 11 is 0. The molecule has 2 amide bonds. The highest BCUT2D eigenvalue weighted by atomic mass is 16.1. The zero-order valence-corrected chi connectivity index (χ0v) is 11.6. The van der Waals surface area contributed by atoms with Crippen molar-refractivity contribution in [3.8, 4) is 11.3 Å². The number of fused-ring (bicyclic) bond motifs is 1. The van der Waals surface area contributed by atoms with Crippen LogP contribution in [0.5, 0.6) is 0 Å². The van der Waals surface area contributed by atoms with Crippen LogP contribution in [0.15, 0.2) is 54.6 Å². The zero-order chi connectivity index (χ0) is 15.5. The molecule has 0 spiro atoms. The zero-order valence-electron chi connectivity index (χ0n) is 11.6. The summed E-state index contributed by atoms with van der Waals surface area (Å²) in [5.74, 6) is -0.487.